The molecule has 7 rings (SSSR count). The lowest BCUT2D eigenvalue weighted by atomic mass is 9.75. The monoisotopic (exact) mass is 691 g/mol. The normalized spacial score (nSPS) is 23.1. The fourth-order valence-electron chi connectivity index (χ4n) is 7.41. The molecule has 3 aliphatic heterocycles. The number of sulfone groups is 2. The Balaban J connectivity index is 1.21. The summed E-state index contributed by atoms with van der Waals surface area (Å²) in [6.07, 6.45) is 7.70. The molecule has 4 heterocycles. The Kier molecular flexibility index (Phi) is 7.90. The number of carbonyl (C=O) groups excluding carboxylic acids is 1. The van der Waals surface area contributed by atoms with Gasteiger partial charge in [-0.15, -0.1) is 11.3 Å². The molecule has 1 amide bonds. The van der Waals surface area contributed by atoms with Crippen LogP contribution in [0.5, 0.6) is 0 Å². The first-order valence-electron chi connectivity index (χ1n) is 15.6. The minimum absolute atomic E-state index is 0.0844. The van der Waals surface area contributed by atoms with E-state index in [2.05, 4.69) is 4.72 Å². The van der Waals surface area contributed by atoms with Crippen LogP contribution in [0.1, 0.15) is 60.4 Å². The zero-order valence-corrected chi connectivity index (χ0v) is 28.2. The molecular weight excluding hydrogens is 655 g/mol. The smallest absolute Gasteiger partial charge is 0.282 e. The number of thiazole rings is 1. The number of nitrogens with zero attached hydrogens (tertiary/aromatic N) is 2. The van der Waals surface area contributed by atoms with Crippen molar-refractivity contribution in [3.63, 3.8) is 0 Å². The number of benzene rings is 2. The second kappa shape index (κ2) is 11.4. The van der Waals surface area contributed by atoms with E-state index in [9.17, 15) is 30.0 Å². The first-order chi connectivity index (χ1) is 21.3. The molecule has 0 unspecified atom stereocenters. The van der Waals surface area contributed by atoms with Gasteiger partial charge < -0.3 is 4.90 Å². The third-order valence-corrected chi connectivity index (χ3v) is 16.1. The van der Waals surface area contributed by atoms with Crippen LogP contribution < -0.4 is 4.72 Å². The maximum absolute atomic E-state index is 13.7. The lowest BCUT2D eigenvalue weighted by molar-refractivity contribution is 0.000299. The van der Waals surface area contributed by atoms with Gasteiger partial charge in [-0.2, -0.15) is 0 Å². The summed E-state index contributed by atoms with van der Waals surface area (Å²) >= 11 is 1.34. The summed E-state index contributed by atoms with van der Waals surface area (Å²) in [6, 6.07) is 9.96. The molecule has 3 saturated heterocycles. The number of carbonyl (C=O) groups is 1. The molecule has 1 saturated carbocycles. The number of nitrogens with one attached hydrogen (secondary N) is 1. The van der Waals surface area contributed by atoms with Crippen molar-refractivity contribution in [2.45, 2.75) is 62.3 Å². The molecule has 242 valence electrons. The standard InChI is InChI=1S/C31H37N3O7S4/c35-30(34-19-31(20-34)12-14-43(36,37)15-13-31)29-32-26(16-21-6-2-1-3-7-21)28(42-29)25-10-11-27(24-9-5-4-8-23(24)25)45(40,41)33-22-17-44(38,39)18-22/h4-5,8-11,21-22,33H,1-3,6-7,12-20H2. The average Bonchev–Trinajstić information content (AvgIpc) is 3.38. The summed E-state index contributed by atoms with van der Waals surface area (Å²) in [5, 5.41) is 1.65. The lowest BCUT2D eigenvalue weighted by Gasteiger charge is -2.51. The molecule has 1 aliphatic carbocycles. The van der Waals surface area contributed by atoms with Gasteiger partial charge in [0, 0.05) is 35.5 Å². The second-order valence-corrected chi connectivity index (χ2v) is 20.5. The summed E-state index contributed by atoms with van der Waals surface area (Å²) in [6.45, 7) is 1.08. The Morgan fingerprint density at radius 2 is 1.60 bits per heavy atom. The van der Waals surface area contributed by atoms with E-state index >= 15 is 0 Å². The minimum atomic E-state index is -3.99. The van der Waals surface area contributed by atoms with Gasteiger partial charge in [-0.3, -0.25) is 4.79 Å². The van der Waals surface area contributed by atoms with Gasteiger partial charge in [-0.05, 0) is 36.6 Å². The minimum Gasteiger partial charge on any atom is -0.335 e. The van der Waals surface area contributed by atoms with Crippen LogP contribution in [-0.4, -0.2) is 83.2 Å². The van der Waals surface area contributed by atoms with Crippen LogP contribution in [0.4, 0.5) is 0 Å². The first-order valence-corrected chi connectivity index (χ1v) is 21.5. The molecular formula is C31H37N3O7S4. The highest BCUT2D eigenvalue weighted by Crippen LogP contribution is 2.44. The highest BCUT2D eigenvalue weighted by molar-refractivity contribution is 7.93. The molecule has 2 aromatic carbocycles. The molecule has 1 aromatic heterocycles. The Labute approximate surface area is 268 Å². The van der Waals surface area contributed by atoms with E-state index in [0.29, 0.717) is 42.2 Å². The molecule has 1 N–H and O–H groups in total. The van der Waals surface area contributed by atoms with E-state index < -0.39 is 35.7 Å². The number of hydrogen-bond donors (Lipinski definition) is 1. The summed E-state index contributed by atoms with van der Waals surface area (Å²) in [4.78, 5) is 21.4. The van der Waals surface area contributed by atoms with Crippen molar-refractivity contribution in [3.8, 4) is 10.4 Å². The second-order valence-electron chi connectivity index (χ2n) is 13.4. The van der Waals surface area contributed by atoms with Crippen LogP contribution in [0.25, 0.3) is 21.2 Å². The summed E-state index contributed by atoms with van der Waals surface area (Å²) in [5.41, 5.74) is 1.55. The zero-order valence-electron chi connectivity index (χ0n) is 24.9. The van der Waals surface area contributed by atoms with Crippen molar-refractivity contribution in [1.29, 1.82) is 0 Å². The van der Waals surface area contributed by atoms with Crippen LogP contribution in [0, 0.1) is 11.3 Å². The Hall–Kier alpha value is -2.39. The number of rotatable bonds is 7. The van der Waals surface area contributed by atoms with Gasteiger partial charge in [-0.25, -0.2) is 35.0 Å². The van der Waals surface area contributed by atoms with Crippen molar-refractivity contribution in [1.82, 2.24) is 14.6 Å². The van der Waals surface area contributed by atoms with Crippen molar-refractivity contribution >= 4 is 57.7 Å². The van der Waals surface area contributed by atoms with E-state index in [1.54, 1.807) is 29.2 Å². The van der Waals surface area contributed by atoms with Gasteiger partial charge >= 0.3 is 0 Å². The number of likely N-dealkylation sites (tertiary alicyclic amines) is 1. The molecule has 14 heteroatoms. The van der Waals surface area contributed by atoms with Crippen LogP contribution in [0.15, 0.2) is 41.3 Å². The highest BCUT2D eigenvalue weighted by Gasteiger charge is 2.48. The number of sulfonamides is 1. The first kappa shape index (κ1) is 31.2. The summed E-state index contributed by atoms with van der Waals surface area (Å²) in [7, 11) is -10.2. The molecule has 4 aliphatic rings. The van der Waals surface area contributed by atoms with Crippen LogP contribution in [0.2, 0.25) is 0 Å². The lowest BCUT2D eigenvalue weighted by Crippen LogP contribution is -2.60. The molecule has 0 atom stereocenters. The third kappa shape index (κ3) is 6.20. The van der Waals surface area contributed by atoms with Crippen molar-refractivity contribution in [3.05, 3.63) is 47.1 Å². The van der Waals surface area contributed by atoms with E-state index in [0.717, 1.165) is 40.8 Å². The summed E-state index contributed by atoms with van der Waals surface area (Å²) in [5.74, 6) is 0.265. The molecule has 0 radical (unpaired) electrons. The third-order valence-electron chi connectivity index (χ3n) is 9.96. The fraction of sp³-hybridized carbons (Fsp3) is 0.548. The predicted molar refractivity (Wildman–Crippen MR) is 174 cm³/mol. The van der Waals surface area contributed by atoms with Gasteiger partial charge in [0.2, 0.25) is 10.0 Å². The molecule has 3 aromatic rings. The summed E-state index contributed by atoms with van der Waals surface area (Å²) < 4.78 is 76.6. The Bertz CT molecular complexity index is 1960. The van der Waals surface area contributed by atoms with E-state index in [-0.39, 0.29) is 39.2 Å². The Morgan fingerprint density at radius 1 is 0.933 bits per heavy atom. The number of amides is 1. The Morgan fingerprint density at radius 3 is 2.27 bits per heavy atom. The average molecular weight is 692 g/mol. The topological polar surface area (TPSA) is 148 Å². The van der Waals surface area contributed by atoms with Gasteiger partial charge in [-0.1, -0.05) is 62.4 Å². The number of hydrogen-bond acceptors (Lipinski definition) is 9. The maximum atomic E-state index is 13.7. The van der Waals surface area contributed by atoms with Crippen molar-refractivity contribution < 1.29 is 30.0 Å². The highest BCUT2D eigenvalue weighted by atomic mass is 32.2. The van der Waals surface area contributed by atoms with Gasteiger partial charge in [0.15, 0.2) is 14.8 Å². The molecule has 4 fully saturated rings. The maximum Gasteiger partial charge on any atom is 0.282 e. The predicted octanol–water partition coefficient (Wildman–Crippen LogP) is 3.81. The fourth-order valence-corrected chi connectivity index (χ4v) is 13.2. The van der Waals surface area contributed by atoms with Crippen molar-refractivity contribution in [2.24, 2.45) is 11.3 Å². The largest absolute Gasteiger partial charge is 0.335 e. The van der Waals surface area contributed by atoms with Gasteiger partial charge in [0.05, 0.1) is 38.5 Å². The molecule has 1 spiro atoms. The van der Waals surface area contributed by atoms with Gasteiger partial charge in [0.1, 0.15) is 9.84 Å². The van der Waals surface area contributed by atoms with E-state index in [1.807, 2.05) is 12.1 Å². The molecule has 45 heavy (non-hydrogen) atoms. The van der Waals surface area contributed by atoms with Crippen molar-refractivity contribution in [2.75, 3.05) is 36.1 Å². The molecule has 0 bridgehead atoms. The van der Waals surface area contributed by atoms with E-state index in [4.69, 9.17) is 4.98 Å². The van der Waals surface area contributed by atoms with E-state index in [1.165, 1.54) is 30.6 Å². The zero-order chi connectivity index (χ0) is 31.6. The molecule has 10 nitrogen and oxygen atoms in total. The van der Waals surface area contributed by atoms with Crippen LogP contribution in [-0.2, 0) is 36.1 Å². The number of aromatic nitrogens is 1. The number of fused-ring (bicyclic) bond motifs is 1. The van der Waals surface area contributed by atoms with Crippen LogP contribution in [0.3, 0.4) is 0 Å². The quantitative estimate of drug-likeness (QED) is 0.394. The van der Waals surface area contributed by atoms with Gasteiger partial charge in [0.25, 0.3) is 5.91 Å². The SMILES string of the molecule is O=C(c1nc(CC2CCCCC2)c(-c2ccc(S(=O)(=O)NC3CS(=O)(=O)C3)c3ccccc23)s1)N1CC2(CCS(=O)(=O)CC2)C1. The van der Waals surface area contributed by atoms with Crippen LogP contribution >= 0.6 is 11.3 Å².